The lowest BCUT2D eigenvalue weighted by Crippen LogP contribution is -2.30. The second-order valence-corrected chi connectivity index (χ2v) is 3.61. The maximum Gasteiger partial charge on any atom is 0.312 e. The van der Waals surface area contributed by atoms with Crippen LogP contribution in [0, 0.1) is 0 Å². The highest BCUT2D eigenvalue weighted by atomic mass is 16.2. The van der Waals surface area contributed by atoms with Crippen LogP contribution in [0.15, 0.2) is 24.3 Å². The van der Waals surface area contributed by atoms with E-state index < -0.39 is 6.03 Å². The molecule has 3 heteroatoms. The Balaban J connectivity index is 2.39. The minimum Gasteiger partial charge on any atom is -0.352 e. The van der Waals surface area contributed by atoms with Gasteiger partial charge in [0.25, 0.3) is 0 Å². The van der Waals surface area contributed by atoms with Crippen molar-refractivity contribution in [3.05, 3.63) is 35.4 Å². The smallest absolute Gasteiger partial charge is 0.312 e. The van der Waals surface area contributed by atoms with Crippen LogP contribution in [-0.2, 0) is 12.8 Å². The van der Waals surface area contributed by atoms with Crippen LogP contribution >= 0.6 is 0 Å². The quantitative estimate of drug-likeness (QED) is 0.759. The van der Waals surface area contributed by atoms with E-state index in [4.69, 9.17) is 5.73 Å². The molecule has 3 N–H and O–H groups in total. The summed E-state index contributed by atoms with van der Waals surface area (Å²) in [5.74, 6) is 0. The molecule has 0 aliphatic heterocycles. The van der Waals surface area contributed by atoms with Crippen molar-refractivity contribution in [2.45, 2.75) is 26.2 Å². The Labute approximate surface area is 90.7 Å². The summed E-state index contributed by atoms with van der Waals surface area (Å²) in [6, 6.07) is 8.03. The molecule has 15 heavy (non-hydrogen) atoms. The third-order valence-electron chi connectivity index (χ3n) is 2.27. The highest BCUT2D eigenvalue weighted by Crippen LogP contribution is 2.06. The van der Waals surface area contributed by atoms with Gasteiger partial charge in [0.05, 0.1) is 0 Å². The molecule has 1 aromatic carbocycles. The van der Waals surface area contributed by atoms with E-state index in [-0.39, 0.29) is 0 Å². The predicted molar refractivity (Wildman–Crippen MR) is 61.7 cm³/mol. The average molecular weight is 206 g/mol. The number of amides is 2. The number of nitrogens with one attached hydrogen (secondary N) is 1. The topological polar surface area (TPSA) is 55.1 Å². The molecular formula is C12H18N2O. The average Bonchev–Trinajstić information content (AvgIpc) is 2.20. The summed E-state index contributed by atoms with van der Waals surface area (Å²) in [6.07, 6.45) is 3.12. The van der Waals surface area contributed by atoms with Gasteiger partial charge in [-0.2, -0.15) is 0 Å². The molecule has 1 aromatic rings. The molecule has 0 aromatic heterocycles. The number of benzene rings is 1. The van der Waals surface area contributed by atoms with Crippen molar-refractivity contribution in [1.29, 1.82) is 0 Å². The van der Waals surface area contributed by atoms with Gasteiger partial charge < -0.3 is 11.1 Å². The van der Waals surface area contributed by atoms with Crippen molar-refractivity contribution in [3.63, 3.8) is 0 Å². The first kappa shape index (κ1) is 11.6. The first-order valence-electron chi connectivity index (χ1n) is 5.33. The van der Waals surface area contributed by atoms with Gasteiger partial charge in [-0.15, -0.1) is 0 Å². The molecule has 0 spiro atoms. The normalized spacial score (nSPS) is 9.93. The fraction of sp³-hybridized carbons (Fsp3) is 0.417. The van der Waals surface area contributed by atoms with Crippen LogP contribution in [0.25, 0.3) is 0 Å². The highest BCUT2D eigenvalue weighted by molar-refractivity contribution is 5.71. The zero-order valence-corrected chi connectivity index (χ0v) is 9.12. The molecule has 0 saturated heterocycles. The minimum absolute atomic E-state index is 0.461. The lowest BCUT2D eigenvalue weighted by atomic mass is 10.1. The van der Waals surface area contributed by atoms with Gasteiger partial charge in [-0.3, -0.25) is 0 Å². The molecule has 0 bridgehead atoms. The lowest BCUT2D eigenvalue weighted by Gasteiger charge is -2.03. The van der Waals surface area contributed by atoms with Gasteiger partial charge in [-0.05, 0) is 24.0 Å². The van der Waals surface area contributed by atoms with Crippen LogP contribution < -0.4 is 11.1 Å². The number of primary amides is 1. The molecule has 0 aliphatic rings. The second kappa shape index (κ2) is 6.06. The van der Waals surface area contributed by atoms with Crippen molar-refractivity contribution in [1.82, 2.24) is 5.32 Å². The van der Waals surface area contributed by atoms with Crippen LogP contribution in [0.3, 0.4) is 0 Å². The van der Waals surface area contributed by atoms with E-state index in [0.717, 1.165) is 12.8 Å². The maximum absolute atomic E-state index is 10.4. The van der Waals surface area contributed by atoms with Crippen molar-refractivity contribution < 1.29 is 4.79 Å². The zero-order valence-electron chi connectivity index (χ0n) is 9.12. The molecule has 0 aliphatic carbocycles. The number of carbonyl (C=O) groups is 1. The lowest BCUT2D eigenvalue weighted by molar-refractivity contribution is 0.249. The van der Waals surface area contributed by atoms with Crippen molar-refractivity contribution >= 4 is 6.03 Å². The fourth-order valence-electron chi connectivity index (χ4n) is 1.49. The molecule has 82 valence electrons. The Hall–Kier alpha value is -1.51. The summed E-state index contributed by atoms with van der Waals surface area (Å²) in [5, 5.41) is 2.57. The highest BCUT2D eigenvalue weighted by Gasteiger charge is 1.95. The molecular weight excluding hydrogens is 188 g/mol. The molecule has 0 atom stereocenters. The summed E-state index contributed by atoms with van der Waals surface area (Å²) >= 11 is 0. The summed E-state index contributed by atoms with van der Waals surface area (Å²) in [4.78, 5) is 10.4. The molecule has 2 amide bonds. The number of nitrogens with two attached hydrogens (primary N) is 1. The number of hydrogen-bond donors (Lipinski definition) is 2. The standard InChI is InChI=1S/C12H18N2O/c1-2-3-10-4-6-11(7-5-10)8-9-14-12(13)15/h4-7H,2-3,8-9H2,1H3,(H3,13,14,15). The van der Waals surface area contributed by atoms with Gasteiger partial charge in [0.2, 0.25) is 0 Å². The Morgan fingerprint density at radius 2 is 1.73 bits per heavy atom. The van der Waals surface area contributed by atoms with Crippen molar-refractivity contribution in [3.8, 4) is 0 Å². The number of rotatable bonds is 5. The molecule has 3 nitrogen and oxygen atoms in total. The van der Waals surface area contributed by atoms with E-state index in [2.05, 4.69) is 36.5 Å². The van der Waals surface area contributed by atoms with Gasteiger partial charge in [0, 0.05) is 6.54 Å². The van der Waals surface area contributed by atoms with Crippen LogP contribution in [0.4, 0.5) is 4.79 Å². The SMILES string of the molecule is CCCc1ccc(CCNC(N)=O)cc1. The maximum atomic E-state index is 10.4. The van der Waals surface area contributed by atoms with Gasteiger partial charge in [-0.1, -0.05) is 37.6 Å². The summed E-state index contributed by atoms with van der Waals surface area (Å²) in [7, 11) is 0. The van der Waals surface area contributed by atoms with Crippen molar-refractivity contribution in [2.75, 3.05) is 6.54 Å². The first-order valence-corrected chi connectivity index (χ1v) is 5.33. The number of carbonyl (C=O) groups excluding carboxylic acids is 1. The van der Waals surface area contributed by atoms with E-state index in [1.165, 1.54) is 17.5 Å². The Kier molecular flexibility index (Phi) is 4.68. The predicted octanol–water partition coefficient (Wildman–Crippen LogP) is 1.85. The van der Waals surface area contributed by atoms with Crippen LogP contribution in [-0.4, -0.2) is 12.6 Å². The largest absolute Gasteiger partial charge is 0.352 e. The van der Waals surface area contributed by atoms with Gasteiger partial charge in [0.15, 0.2) is 0 Å². The van der Waals surface area contributed by atoms with E-state index in [9.17, 15) is 4.79 Å². The first-order chi connectivity index (χ1) is 7.22. The van der Waals surface area contributed by atoms with Crippen molar-refractivity contribution in [2.24, 2.45) is 5.73 Å². The van der Waals surface area contributed by atoms with Gasteiger partial charge in [-0.25, -0.2) is 4.79 Å². The minimum atomic E-state index is -0.461. The fourth-order valence-corrected chi connectivity index (χ4v) is 1.49. The Morgan fingerprint density at radius 1 is 1.20 bits per heavy atom. The number of aryl methyl sites for hydroxylation is 1. The summed E-state index contributed by atoms with van der Waals surface area (Å²) in [5.41, 5.74) is 7.56. The Morgan fingerprint density at radius 3 is 2.20 bits per heavy atom. The molecule has 0 unspecified atom stereocenters. The van der Waals surface area contributed by atoms with Gasteiger partial charge >= 0.3 is 6.03 Å². The zero-order chi connectivity index (χ0) is 11.1. The van der Waals surface area contributed by atoms with Crippen LogP contribution in [0.5, 0.6) is 0 Å². The summed E-state index contributed by atoms with van der Waals surface area (Å²) < 4.78 is 0. The number of urea groups is 1. The van der Waals surface area contributed by atoms with E-state index >= 15 is 0 Å². The molecule has 0 radical (unpaired) electrons. The third-order valence-corrected chi connectivity index (χ3v) is 2.27. The Bertz CT molecular complexity index is 306. The third kappa shape index (κ3) is 4.49. The molecule has 0 heterocycles. The van der Waals surface area contributed by atoms with Gasteiger partial charge in [0.1, 0.15) is 0 Å². The second-order valence-electron chi connectivity index (χ2n) is 3.61. The monoisotopic (exact) mass is 206 g/mol. The molecule has 0 saturated carbocycles. The van der Waals surface area contributed by atoms with E-state index in [0.29, 0.717) is 6.54 Å². The molecule has 0 fully saturated rings. The molecule has 1 rings (SSSR count). The van der Waals surface area contributed by atoms with Crippen LogP contribution in [0.2, 0.25) is 0 Å². The number of hydrogen-bond acceptors (Lipinski definition) is 1. The van der Waals surface area contributed by atoms with Crippen LogP contribution in [0.1, 0.15) is 24.5 Å². The van der Waals surface area contributed by atoms with E-state index in [1.807, 2.05) is 0 Å². The summed E-state index contributed by atoms with van der Waals surface area (Å²) in [6.45, 7) is 2.77. The van der Waals surface area contributed by atoms with E-state index in [1.54, 1.807) is 0 Å².